The summed E-state index contributed by atoms with van der Waals surface area (Å²) >= 11 is 0. The van der Waals surface area contributed by atoms with E-state index in [0.29, 0.717) is 6.61 Å². The third kappa shape index (κ3) is 4.97. The van der Waals surface area contributed by atoms with Gasteiger partial charge in [0.15, 0.2) is 0 Å². The van der Waals surface area contributed by atoms with Gasteiger partial charge in [-0.3, -0.25) is 0 Å². The largest absolute Gasteiger partial charge is 0.492 e. The van der Waals surface area contributed by atoms with Gasteiger partial charge in [-0.15, -0.1) is 0 Å². The van der Waals surface area contributed by atoms with Crippen LogP contribution in [0.15, 0.2) is 60.7 Å². The molecule has 5 heteroatoms. The van der Waals surface area contributed by atoms with Gasteiger partial charge in [0.2, 0.25) is 0 Å². The molecule has 3 aromatic rings. The Labute approximate surface area is 161 Å². The zero-order chi connectivity index (χ0) is 19.1. The van der Waals surface area contributed by atoms with Gasteiger partial charge in [-0.05, 0) is 38.5 Å². The van der Waals surface area contributed by atoms with Gasteiger partial charge in [0, 0.05) is 19.2 Å². The van der Waals surface area contributed by atoms with Crippen molar-refractivity contribution in [2.45, 2.75) is 27.3 Å². The summed E-state index contributed by atoms with van der Waals surface area (Å²) in [6.07, 6.45) is 0. The molecule has 0 amide bonds. The minimum absolute atomic E-state index is 0.618. The van der Waals surface area contributed by atoms with Gasteiger partial charge >= 0.3 is 0 Å². The van der Waals surface area contributed by atoms with E-state index in [0.717, 1.165) is 42.0 Å². The number of anilines is 3. The zero-order valence-electron chi connectivity index (χ0n) is 16.1. The predicted octanol–water partition coefficient (Wildman–Crippen LogP) is 4.95. The molecule has 140 valence electrons. The topological polar surface area (TPSA) is 50.3 Å². The van der Waals surface area contributed by atoms with Gasteiger partial charge in [-0.1, -0.05) is 42.5 Å². The molecule has 0 aliphatic heterocycles. The summed E-state index contributed by atoms with van der Waals surface area (Å²) in [7, 11) is 0. The van der Waals surface area contributed by atoms with Crippen molar-refractivity contribution in [2.24, 2.45) is 0 Å². The Bertz CT molecular complexity index is 867. The van der Waals surface area contributed by atoms with Crippen LogP contribution in [0.2, 0.25) is 0 Å². The van der Waals surface area contributed by atoms with Crippen molar-refractivity contribution in [3.05, 3.63) is 72.1 Å². The van der Waals surface area contributed by atoms with Crippen LogP contribution < -0.4 is 15.0 Å². The van der Waals surface area contributed by atoms with Crippen LogP contribution in [0, 0.1) is 6.92 Å². The van der Waals surface area contributed by atoms with E-state index in [4.69, 9.17) is 4.74 Å². The highest BCUT2D eigenvalue weighted by molar-refractivity contribution is 5.65. The van der Waals surface area contributed by atoms with Crippen molar-refractivity contribution >= 4 is 17.3 Å². The first kappa shape index (κ1) is 18.7. The molecule has 5 nitrogen and oxygen atoms in total. The highest BCUT2D eigenvalue weighted by Crippen LogP contribution is 2.28. The lowest BCUT2D eigenvalue weighted by Gasteiger charge is -2.23. The number of nitrogens with one attached hydrogen (secondary N) is 1. The van der Waals surface area contributed by atoms with E-state index in [1.165, 1.54) is 5.56 Å². The van der Waals surface area contributed by atoms with Crippen LogP contribution in [-0.2, 0) is 6.54 Å². The molecule has 0 saturated heterocycles. The maximum absolute atomic E-state index is 5.70. The lowest BCUT2D eigenvalue weighted by atomic mass is 10.2. The van der Waals surface area contributed by atoms with E-state index < -0.39 is 0 Å². The van der Waals surface area contributed by atoms with Crippen molar-refractivity contribution < 1.29 is 4.74 Å². The van der Waals surface area contributed by atoms with Crippen LogP contribution in [0.1, 0.15) is 25.2 Å². The lowest BCUT2D eigenvalue weighted by molar-refractivity contribution is 0.342. The van der Waals surface area contributed by atoms with Crippen LogP contribution in [0.5, 0.6) is 5.75 Å². The monoisotopic (exact) mass is 362 g/mol. The molecule has 1 N–H and O–H groups in total. The van der Waals surface area contributed by atoms with Crippen LogP contribution in [-0.4, -0.2) is 23.1 Å². The molecule has 0 atom stereocenters. The molecular formula is C22H26N4O. The standard InChI is InChI=1S/C22H26N4O/c1-4-26(16-18-11-7-6-8-12-18)22-15-21(23-17(3)24-22)25-19-13-9-10-14-20(19)27-5-2/h6-15H,4-5,16H2,1-3H3,(H,23,24,25). The molecule has 27 heavy (non-hydrogen) atoms. The van der Waals surface area contributed by atoms with E-state index in [1.54, 1.807) is 0 Å². The molecular weight excluding hydrogens is 336 g/mol. The maximum atomic E-state index is 5.70. The van der Waals surface area contributed by atoms with E-state index in [9.17, 15) is 0 Å². The predicted molar refractivity (Wildman–Crippen MR) is 111 cm³/mol. The molecule has 0 aliphatic rings. The Kier molecular flexibility index (Phi) is 6.26. The number of hydrogen-bond acceptors (Lipinski definition) is 5. The van der Waals surface area contributed by atoms with E-state index in [1.807, 2.05) is 50.2 Å². The molecule has 1 heterocycles. The third-order valence-electron chi connectivity index (χ3n) is 4.20. The number of hydrogen-bond donors (Lipinski definition) is 1. The Balaban J connectivity index is 1.85. The average Bonchev–Trinajstić information content (AvgIpc) is 2.68. The molecule has 0 aliphatic carbocycles. The van der Waals surface area contributed by atoms with Crippen LogP contribution in [0.25, 0.3) is 0 Å². The number of aromatic nitrogens is 2. The third-order valence-corrected chi connectivity index (χ3v) is 4.20. The Morgan fingerprint density at radius 3 is 2.44 bits per heavy atom. The van der Waals surface area contributed by atoms with Crippen molar-refractivity contribution in [3.63, 3.8) is 0 Å². The number of rotatable bonds is 8. The molecule has 3 rings (SSSR count). The van der Waals surface area contributed by atoms with Gasteiger partial charge < -0.3 is 15.0 Å². The summed E-state index contributed by atoms with van der Waals surface area (Å²) in [6, 6.07) is 20.3. The smallest absolute Gasteiger partial charge is 0.142 e. The fourth-order valence-electron chi connectivity index (χ4n) is 2.93. The lowest BCUT2D eigenvalue weighted by Crippen LogP contribution is -2.23. The summed E-state index contributed by atoms with van der Waals surface area (Å²) in [5, 5.41) is 3.38. The van der Waals surface area contributed by atoms with Crippen molar-refractivity contribution in [1.29, 1.82) is 0 Å². The minimum Gasteiger partial charge on any atom is -0.492 e. The molecule has 0 spiro atoms. The second-order valence-corrected chi connectivity index (χ2v) is 6.21. The van der Waals surface area contributed by atoms with E-state index in [-0.39, 0.29) is 0 Å². The first-order valence-corrected chi connectivity index (χ1v) is 9.33. The molecule has 0 saturated carbocycles. The van der Waals surface area contributed by atoms with Gasteiger partial charge in [0.25, 0.3) is 0 Å². The van der Waals surface area contributed by atoms with Crippen LogP contribution >= 0.6 is 0 Å². The Morgan fingerprint density at radius 1 is 0.963 bits per heavy atom. The zero-order valence-corrected chi connectivity index (χ0v) is 16.1. The second-order valence-electron chi connectivity index (χ2n) is 6.21. The molecule has 2 aromatic carbocycles. The van der Waals surface area contributed by atoms with Gasteiger partial charge in [0.05, 0.1) is 12.3 Å². The normalized spacial score (nSPS) is 10.5. The Morgan fingerprint density at radius 2 is 1.70 bits per heavy atom. The number of benzene rings is 2. The van der Waals surface area contributed by atoms with Crippen LogP contribution in [0.3, 0.4) is 0 Å². The minimum atomic E-state index is 0.618. The van der Waals surface area contributed by atoms with E-state index in [2.05, 4.69) is 51.4 Å². The van der Waals surface area contributed by atoms with Crippen molar-refractivity contribution in [1.82, 2.24) is 9.97 Å². The summed E-state index contributed by atoms with van der Waals surface area (Å²) in [4.78, 5) is 11.4. The first-order chi connectivity index (χ1) is 13.2. The number of para-hydroxylation sites is 2. The molecule has 1 aromatic heterocycles. The fourth-order valence-corrected chi connectivity index (χ4v) is 2.93. The highest BCUT2D eigenvalue weighted by atomic mass is 16.5. The fraction of sp³-hybridized carbons (Fsp3) is 0.273. The first-order valence-electron chi connectivity index (χ1n) is 9.33. The molecule has 0 unspecified atom stereocenters. The quantitative estimate of drug-likeness (QED) is 0.614. The number of ether oxygens (including phenoxy) is 1. The molecule has 0 radical (unpaired) electrons. The average molecular weight is 362 g/mol. The van der Waals surface area contributed by atoms with Gasteiger partial charge in [-0.25, -0.2) is 9.97 Å². The summed E-state index contributed by atoms with van der Waals surface area (Å²) in [6.45, 7) is 8.32. The van der Waals surface area contributed by atoms with Gasteiger partial charge in [-0.2, -0.15) is 0 Å². The van der Waals surface area contributed by atoms with E-state index >= 15 is 0 Å². The van der Waals surface area contributed by atoms with Gasteiger partial charge in [0.1, 0.15) is 23.2 Å². The second kappa shape index (κ2) is 9.03. The maximum Gasteiger partial charge on any atom is 0.142 e. The Hall–Kier alpha value is -3.08. The number of aryl methyl sites for hydroxylation is 1. The molecule has 0 fully saturated rings. The number of nitrogens with zero attached hydrogens (tertiary/aromatic N) is 3. The van der Waals surface area contributed by atoms with Crippen molar-refractivity contribution in [2.75, 3.05) is 23.4 Å². The summed E-state index contributed by atoms with van der Waals surface area (Å²) in [5.74, 6) is 3.21. The molecule has 0 bridgehead atoms. The SMILES string of the molecule is CCOc1ccccc1Nc1cc(N(CC)Cc2ccccc2)nc(C)n1. The summed E-state index contributed by atoms with van der Waals surface area (Å²) in [5.41, 5.74) is 2.15. The van der Waals surface area contributed by atoms with Crippen LogP contribution in [0.4, 0.5) is 17.3 Å². The van der Waals surface area contributed by atoms with Crippen molar-refractivity contribution in [3.8, 4) is 5.75 Å². The highest BCUT2D eigenvalue weighted by Gasteiger charge is 2.11. The summed E-state index contributed by atoms with van der Waals surface area (Å²) < 4.78 is 5.70.